The third-order valence-electron chi connectivity index (χ3n) is 4.20. The summed E-state index contributed by atoms with van der Waals surface area (Å²) in [4.78, 5) is 11.8. The van der Waals surface area contributed by atoms with Gasteiger partial charge in [-0.15, -0.1) is 0 Å². The normalized spacial score (nSPS) is 22.0. The predicted octanol–water partition coefficient (Wildman–Crippen LogP) is 3.65. The number of nitrogens with one attached hydrogen (secondary N) is 1. The van der Waals surface area contributed by atoms with Crippen molar-refractivity contribution in [2.45, 2.75) is 18.9 Å². The predicted molar refractivity (Wildman–Crippen MR) is 96.5 cm³/mol. The third-order valence-corrected chi connectivity index (χ3v) is 5.83. The molecule has 0 bridgehead atoms. The Hall–Kier alpha value is -1.92. The van der Waals surface area contributed by atoms with Crippen molar-refractivity contribution >= 4 is 37.7 Å². The second-order valence-electron chi connectivity index (χ2n) is 5.76. The molecule has 1 aliphatic heterocycles. The number of benzene rings is 2. The van der Waals surface area contributed by atoms with Crippen LogP contribution in [-0.2, 0) is 22.2 Å². The molecule has 2 atom stereocenters. The van der Waals surface area contributed by atoms with Crippen molar-refractivity contribution in [3.05, 3.63) is 69.7 Å². The zero-order valence-corrected chi connectivity index (χ0v) is 15.0. The molecule has 2 aliphatic rings. The first-order valence-electron chi connectivity index (χ1n) is 7.60. The molecule has 1 heterocycles. The summed E-state index contributed by atoms with van der Waals surface area (Å²) in [7, 11) is -1.47. The van der Waals surface area contributed by atoms with E-state index < -0.39 is 11.0 Å². The average molecular weight is 404 g/mol. The number of hydrogen-bond donors (Lipinski definition) is 1. The van der Waals surface area contributed by atoms with E-state index in [1.54, 1.807) is 0 Å². The van der Waals surface area contributed by atoms with Gasteiger partial charge in [0.25, 0.3) is 5.91 Å². The van der Waals surface area contributed by atoms with Gasteiger partial charge in [0.1, 0.15) is 11.9 Å². The molecule has 0 aromatic heterocycles. The highest BCUT2D eigenvalue weighted by Gasteiger charge is 2.24. The van der Waals surface area contributed by atoms with Crippen LogP contribution >= 0.6 is 15.9 Å². The molecule has 24 heavy (non-hydrogen) atoms. The van der Waals surface area contributed by atoms with Gasteiger partial charge in [0, 0.05) is 10.5 Å². The van der Waals surface area contributed by atoms with Crippen molar-refractivity contribution in [3.63, 3.8) is 0 Å². The molecule has 0 fully saturated rings. The molecular formula is C18H14BrNO3S. The molecule has 4 nitrogen and oxygen atoms in total. The van der Waals surface area contributed by atoms with Gasteiger partial charge in [0.05, 0.1) is 4.91 Å². The SMILES string of the molecule is O=C1C=C(c2ccc(OC3CCc4cc(Br)ccc43)cc2)S(=O)N1. The molecule has 2 aromatic rings. The lowest BCUT2D eigenvalue weighted by Crippen LogP contribution is -2.16. The van der Waals surface area contributed by atoms with Crippen LogP contribution < -0.4 is 9.46 Å². The Kier molecular flexibility index (Phi) is 4.02. The van der Waals surface area contributed by atoms with Crippen molar-refractivity contribution in [1.82, 2.24) is 4.72 Å². The third kappa shape index (κ3) is 2.91. The zero-order chi connectivity index (χ0) is 16.7. The first-order valence-corrected chi connectivity index (χ1v) is 9.54. The van der Waals surface area contributed by atoms with Gasteiger partial charge in [-0.05, 0) is 53.8 Å². The minimum atomic E-state index is -1.47. The van der Waals surface area contributed by atoms with Gasteiger partial charge in [-0.1, -0.05) is 34.1 Å². The second-order valence-corrected chi connectivity index (χ2v) is 7.85. The number of rotatable bonds is 3. The molecule has 0 radical (unpaired) electrons. The lowest BCUT2D eigenvalue weighted by atomic mass is 10.1. The Labute approximate surface area is 150 Å². The standard InChI is InChI=1S/C18H14BrNO3S/c19-13-4-7-15-12(9-13)3-8-16(15)23-14-5-1-11(2-6-14)17-10-18(21)20-24(17)22/h1-2,4-7,9-10,16H,3,8H2,(H,20,21). The van der Waals surface area contributed by atoms with Gasteiger partial charge >= 0.3 is 0 Å². The topological polar surface area (TPSA) is 55.4 Å². The molecule has 122 valence electrons. The van der Waals surface area contributed by atoms with Gasteiger partial charge in [-0.25, -0.2) is 4.21 Å². The highest BCUT2D eigenvalue weighted by atomic mass is 79.9. The number of amides is 1. The van der Waals surface area contributed by atoms with E-state index >= 15 is 0 Å². The summed E-state index contributed by atoms with van der Waals surface area (Å²) in [6, 6.07) is 13.7. The summed E-state index contributed by atoms with van der Waals surface area (Å²) < 4.78 is 21.4. The van der Waals surface area contributed by atoms with E-state index in [-0.39, 0.29) is 12.0 Å². The molecule has 0 spiro atoms. The van der Waals surface area contributed by atoms with E-state index in [4.69, 9.17) is 4.74 Å². The van der Waals surface area contributed by atoms with Gasteiger partial charge < -0.3 is 4.74 Å². The fourth-order valence-electron chi connectivity index (χ4n) is 3.07. The van der Waals surface area contributed by atoms with Crippen LogP contribution in [0.1, 0.15) is 29.2 Å². The summed E-state index contributed by atoms with van der Waals surface area (Å²) in [6.45, 7) is 0. The molecule has 2 unspecified atom stereocenters. The number of halogens is 1. The number of carbonyl (C=O) groups excluding carboxylic acids is 1. The number of fused-ring (bicyclic) bond motifs is 1. The van der Waals surface area contributed by atoms with Crippen LogP contribution in [0.2, 0.25) is 0 Å². The van der Waals surface area contributed by atoms with Crippen molar-refractivity contribution in [3.8, 4) is 5.75 Å². The van der Waals surface area contributed by atoms with Crippen LogP contribution in [0, 0.1) is 0 Å². The summed E-state index contributed by atoms with van der Waals surface area (Å²) >= 11 is 3.50. The number of ether oxygens (including phenoxy) is 1. The summed E-state index contributed by atoms with van der Waals surface area (Å²) in [5.74, 6) is 0.445. The molecule has 1 amide bonds. The fourth-order valence-corrected chi connectivity index (χ4v) is 4.39. The lowest BCUT2D eigenvalue weighted by Gasteiger charge is -2.15. The zero-order valence-electron chi connectivity index (χ0n) is 12.6. The minimum absolute atomic E-state index is 0.0574. The van der Waals surface area contributed by atoms with E-state index in [0.717, 1.165) is 28.6 Å². The smallest absolute Gasteiger partial charge is 0.257 e. The van der Waals surface area contributed by atoms with E-state index in [1.165, 1.54) is 17.2 Å². The van der Waals surface area contributed by atoms with Crippen LogP contribution in [0.3, 0.4) is 0 Å². The van der Waals surface area contributed by atoms with E-state index in [2.05, 4.69) is 32.8 Å². The lowest BCUT2D eigenvalue weighted by molar-refractivity contribution is -0.114. The Bertz CT molecular complexity index is 876. The molecule has 0 saturated heterocycles. The molecule has 4 rings (SSSR count). The fraction of sp³-hybridized carbons (Fsp3) is 0.167. The second kappa shape index (κ2) is 6.18. The Balaban J connectivity index is 1.52. The molecular weight excluding hydrogens is 390 g/mol. The first-order chi connectivity index (χ1) is 11.6. The maximum atomic E-state index is 11.8. The van der Waals surface area contributed by atoms with Gasteiger partial charge in [-0.2, -0.15) is 0 Å². The number of hydrogen-bond acceptors (Lipinski definition) is 3. The molecule has 0 saturated carbocycles. The van der Waals surface area contributed by atoms with Crippen LogP contribution in [0.4, 0.5) is 0 Å². The van der Waals surface area contributed by atoms with Gasteiger partial charge in [0.2, 0.25) is 0 Å². The van der Waals surface area contributed by atoms with Gasteiger partial charge in [0.15, 0.2) is 11.0 Å². The summed E-state index contributed by atoms with van der Waals surface area (Å²) in [6.07, 6.45) is 3.40. The molecule has 1 N–H and O–H groups in total. The Morgan fingerprint density at radius 1 is 1.17 bits per heavy atom. The average Bonchev–Trinajstić information content (AvgIpc) is 3.11. The largest absolute Gasteiger partial charge is 0.486 e. The maximum Gasteiger partial charge on any atom is 0.257 e. The van der Waals surface area contributed by atoms with Crippen molar-refractivity contribution in [2.75, 3.05) is 0 Å². The van der Waals surface area contributed by atoms with Crippen LogP contribution in [0.25, 0.3) is 4.91 Å². The summed E-state index contributed by atoms with van der Waals surface area (Å²) in [5.41, 5.74) is 3.31. The monoisotopic (exact) mass is 403 g/mol. The molecule has 2 aromatic carbocycles. The Morgan fingerprint density at radius 3 is 2.67 bits per heavy atom. The van der Waals surface area contributed by atoms with Crippen LogP contribution in [0.5, 0.6) is 5.75 Å². The van der Waals surface area contributed by atoms with E-state index in [1.807, 2.05) is 30.3 Å². The maximum absolute atomic E-state index is 11.8. The van der Waals surface area contributed by atoms with Crippen molar-refractivity contribution in [1.29, 1.82) is 0 Å². The highest BCUT2D eigenvalue weighted by Crippen LogP contribution is 2.36. The first kappa shape index (κ1) is 15.6. The number of carbonyl (C=O) groups is 1. The number of aryl methyl sites for hydroxylation is 1. The van der Waals surface area contributed by atoms with Crippen LogP contribution in [0.15, 0.2) is 53.0 Å². The minimum Gasteiger partial charge on any atom is -0.486 e. The summed E-state index contributed by atoms with van der Waals surface area (Å²) in [5, 5.41) is 0. The Morgan fingerprint density at radius 2 is 1.96 bits per heavy atom. The molecule has 6 heteroatoms. The van der Waals surface area contributed by atoms with Crippen molar-refractivity contribution < 1.29 is 13.7 Å². The highest BCUT2D eigenvalue weighted by molar-refractivity contribution is 9.10. The van der Waals surface area contributed by atoms with Gasteiger partial charge in [-0.3, -0.25) is 9.52 Å². The quantitative estimate of drug-likeness (QED) is 0.850. The molecule has 1 aliphatic carbocycles. The van der Waals surface area contributed by atoms with E-state index in [0.29, 0.717) is 4.91 Å². The van der Waals surface area contributed by atoms with E-state index in [9.17, 15) is 9.00 Å². The van der Waals surface area contributed by atoms with Crippen molar-refractivity contribution in [2.24, 2.45) is 0 Å². The van der Waals surface area contributed by atoms with Crippen LogP contribution in [-0.4, -0.2) is 10.1 Å².